The number of nitrogens with zero attached hydrogens (tertiary/aromatic N) is 2. The number of hydrazone groups is 1. The largest absolute Gasteiger partial charge is 0.497 e. The van der Waals surface area contributed by atoms with Gasteiger partial charge in [0.25, 0.3) is 0 Å². The zero-order valence-electron chi connectivity index (χ0n) is 12.3. The summed E-state index contributed by atoms with van der Waals surface area (Å²) >= 11 is 5.16. The molecule has 2 N–H and O–H groups in total. The van der Waals surface area contributed by atoms with E-state index in [0.29, 0.717) is 0 Å². The van der Waals surface area contributed by atoms with Crippen LogP contribution >= 0.6 is 12.2 Å². The van der Waals surface area contributed by atoms with Crippen LogP contribution in [0.1, 0.15) is 23.6 Å². The smallest absolute Gasteiger partial charge is 0.187 e. The summed E-state index contributed by atoms with van der Waals surface area (Å²) in [5.41, 5.74) is 8.98. The van der Waals surface area contributed by atoms with Crippen LogP contribution in [-0.2, 0) is 0 Å². The van der Waals surface area contributed by atoms with Crippen molar-refractivity contribution in [3.63, 3.8) is 0 Å². The van der Waals surface area contributed by atoms with Gasteiger partial charge < -0.3 is 10.5 Å². The first-order valence-corrected chi connectivity index (χ1v) is 7.45. The Morgan fingerprint density at radius 2 is 2.00 bits per heavy atom. The standard InChI is InChI=1S/C17H17N3OS/c1-21-14-9-5-8-13(10-14)15-11-16(20(19-15)17(18)22)12-6-3-2-4-7-12/h2-10,16H,11H2,1H3,(H2,18,22)/t16-/m0/s1. The maximum atomic E-state index is 5.85. The van der Waals surface area contributed by atoms with Crippen molar-refractivity contribution in [2.24, 2.45) is 10.8 Å². The summed E-state index contributed by atoms with van der Waals surface area (Å²) in [6.07, 6.45) is 0.758. The first-order chi connectivity index (χ1) is 10.7. The molecule has 0 aliphatic carbocycles. The van der Waals surface area contributed by atoms with Gasteiger partial charge in [-0.25, -0.2) is 5.01 Å². The molecule has 3 rings (SSSR count). The summed E-state index contributed by atoms with van der Waals surface area (Å²) < 4.78 is 5.28. The quantitative estimate of drug-likeness (QED) is 0.885. The fraction of sp³-hybridized carbons (Fsp3) is 0.176. The number of benzene rings is 2. The molecule has 5 heteroatoms. The highest BCUT2D eigenvalue weighted by atomic mass is 32.1. The van der Waals surface area contributed by atoms with Gasteiger partial charge in [0, 0.05) is 12.0 Å². The molecule has 1 heterocycles. The molecule has 2 aromatic carbocycles. The molecule has 0 saturated carbocycles. The van der Waals surface area contributed by atoms with Gasteiger partial charge in [-0.3, -0.25) is 0 Å². The van der Waals surface area contributed by atoms with Crippen LogP contribution in [0.25, 0.3) is 0 Å². The number of hydrogen-bond donors (Lipinski definition) is 1. The van der Waals surface area contributed by atoms with Crippen molar-refractivity contribution < 1.29 is 4.74 Å². The summed E-state index contributed by atoms with van der Waals surface area (Å²) in [7, 11) is 1.66. The molecule has 22 heavy (non-hydrogen) atoms. The molecule has 0 saturated heterocycles. The van der Waals surface area contributed by atoms with Crippen molar-refractivity contribution in [1.82, 2.24) is 5.01 Å². The second-order valence-electron chi connectivity index (χ2n) is 5.09. The Kier molecular flexibility index (Phi) is 4.06. The van der Waals surface area contributed by atoms with Crippen molar-refractivity contribution in [1.29, 1.82) is 0 Å². The van der Waals surface area contributed by atoms with Crippen molar-refractivity contribution in [2.75, 3.05) is 7.11 Å². The third kappa shape index (κ3) is 2.80. The zero-order chi connectivity index (χ0) is 15.5. The number of nitrogens with two attached hydrogens (primary N) is 1. The first kappa shape index (κ1) is 14.5. The monoisotopic (exact) mass is 311 g/mol. The van der Waals surface area contributed by atoms with E-state index < -0.39 is 0 Å². The van der Waals surface area contributed by atoms with Crippen molar-refractivity contribution in [2.45, 2.75) is 12.5 Å². The van der Waals surface area contributed by atoms with Crippen molar-refractivity contribution in [3.8, 4) is 5.75 Å². The number of rotatable bonds is 3. The predicted molar refractivity (Wildman–Crippen MR) is 92.0 cm³/mol. The fourth-order valence-corrected chi connectivity index (χ4v) is 2.79. The number of methoxy groups -OCH3 is 1. The molecule has 0 fully saturated rings. The van der Waals surface area contributed by atoms with Crippen LogP contribution in [0.4, 0.5) is 0 Å². The van der Waals surface area contributed by atoms with E-state index in [0.717, 1.165) is 29.0 Å². The van der Waals surface area contributed by atoms with Gasteiger partial charge in [-0.1, -0.05) is 42.5 Å². The average molecular weight is 311 g/mol. The van der Waals surface area contributed by atoms with Gasteiger partial charge in [-0.2, -0.15) is 5.10 Å². The van der Waals surface area contributed by atoms with Gasteiger partial charge in [0.15, 0.2) is 5.11 Å². The molecule has 4 nitrogen and oxygen atoms in total. The molecular weight excluding hydrogens is 294 g/mol. The second-order valence-corrected chi connectivity index (χ2v) is 5.51. The molecule has 1 atom stereocenters. The third-order valence-electron chi connectivity index (χ3n) is 3.72. The Morgan fingerprint density at radius 1 is 1.23 bits per heavy atom. The molecule has 112 valence electrons. The van der Waals surface area contributed by atoms with E-state index in [1.165, 1.54) is 0 Å². The third-order valence-corrected chi connectivity index (χ3v) is 3.91. The number of thiocarbonyl (C=S) groups is 1. The molecule has 0 aromatic heterocycles. The lowest BCUT2D eigenvalue weighted by molar-refractivity contribution is 0.373. The van der Waals surface area contributed by atoms with E-state index in [2.05, 4.69) is 17.2 Å². The molecule has 0 spiro atoms. The lowest BCUT2D eigenvalue weighted by Crippen LogP contribution is -2.31. The van der Waals surface area contributed by atoms with E-state index in [4.69, 9.17) is 22.7 Å². The Bertz CT molecular complexity index is 715. The Hall–Kier alpha value is -2.40. The van der Waals surface area contributed by atoms with Crippen LogP contribution in [0, 0.1) is 0 Å². The lowest BCUT2D eigenvalue weighted by atomic mass is 9.98. The van der Waals surface area contributed by atoms with Gasteiger partial charge in [0.2, 0.25) is 0 Å². The summed E-state index contributed by atoms with van der Waals surface area (Å²) in [5.74, 6) is 0.810. The average Bonchev–Trinajstić information content (AvgIpc) is 3.01. The number of ether oxygens (including phenoxy) is 1. The molecule has 0 unspecified atom stereocenters. The van der Waals surface area contributed by atoms with Crippen molar-refractivity contribution in [3.05, 3.63) is 65.7 Å². The first-order valence-electron chi connectivity index (χ1n) is 7.04. The van der Waals surface area contributed by atoms with E-state index in [9.17, 15) is 0 Å². The molecular formula is C17H17N3OS. The van der Waals surface area contributed by atoms with Crippen LogP contribution < -0.4 is 10.5 Å². The summed E-state index contributed by atoms with van der Waals surface area (Å²) in [4.78, 5) is 0. The van der Waals surface area contributed by atoms with E-state index in [-0.39, 0.29) is 11.2 Å². The van der Waals surface area contributed by atoms with Crippen LogP contribution in [0.3, 0.4) is 0 Å². The highest BCUT2D eigenvalue weighted by Crippen LogP contribution is 2.32. The summed E-state index contributed by atoms with van der Waals surface area (Å²) in [6, 6.07) is 18.1. The highest BCUT2D eigenvalue weighted by molar-refractivity contribution is 7.80. The minimum atomic E-state index is 0.0416. The maximum absolute atomic E-state index is 5.85. The van der Waals surface area contributed by atoms with Crippen LogP contribution in [-0.4, -0.2) is 22.9 Å². The zero-order valence-corrected chi connectivity index (χ0v) is 13.1. The van der Waals surface area contributed by atoms with E-state index in [1.807, 2.05) is 42.5 Å². The fourth-order valence-electron chi connectivity index (χ4n) is 2.63. The van der Waals surface area contributed by atoms with E-state index in [1.54, 1.807) is 12.1 Å². The van der Waals surface area contributed by atoms with Crippen LogP contribution in [0.5, 0.6) is 5.75 Å². The topological polar surface area (TPSA) is 50.8 Å². The van der Waals surface area contributed by atoms with Gasteiger partial charge in [-0.05, 0) is 29.9 Å². The van der Waals surface area contributed by atoms with Crippen LogP contribution in [0.15, 0.2) is 59.7 Å². The summed E-state index contributed by atoms with van der Waals surface area (Å²) in [5, 5.41) is 6.62. The molecule has 1 aliphatic heterocycles. The minimum absolute atomic E-state index is 0.0416. The molecule has 0 bridgehead atoms. The minimum Gasteiger partial charge on any atom is -0.497 e. The van der Waals surface area contributed by atoms with Gasteiger partial charge in [0.1, 0.15) is 5.75 Å². The second kappa shape index (κ2) is 6.15. The molecule has 0 amide bonds. The van der Waals surface area contributed by atoms with Crippen LogP contribution in [0.2, 0.25) is 0 Å². The maximum Gasteiger partial charge on any atom is 0.187 e. The molecule has 0 radical (unpaired) electrons. The van der Waals surface area contributed by atoms with Gasteiger partial charge in [0.05, 0.1) is 18.9 Å². The normalized spacial score (nSPS) is 17.2. The number of hydrogen-bond acceptors (Lipinski definition) is 3. The Labute approximate surface area is 135 Å². The Balaban J connectivity index is 1.94. The highest BCUT2D eigenvalue weighted by Gasteiger charge is 2.30. The predicted octanol–water partition coefficient (Wildman–Crippen LogP) is 3.09. The molecule has 1 aliphatic rings. The molecule has 2 aromatic rings. The lowest BCUT2D eigenvalue weighted by Gasteiger charge is -2.21. The van der Waals surface area contributed by atoms with E-state index >= 15 is 0 Å². The summed E-state index contributed by atoms with van der Waals surface area (Å²) in [6.45, 7) is 0. The Morgan fingerprint density at radius 3 is 2.68 bits per heavy atom. The van der Waals surface area contributed by atoms with Crippen molar-refractivity contribution >= 4 is 23.0 Å². The van der Waals surface area contributed by atoms with Gasteiger partial charge in [-0.15, -0.1) is 0 Å². The SMILES string of the molecule is COc1cccc(C2=NN(C(N)=S)[C@H](c3ccccc3)C2)c1. The van der Waals surface area contributed by atoms with Gasteiger partial charge >= 0.3 is 0 Å².